The molecule has 1 amide bonds. The molecule has 0 unspecified atom stereocenters. The number of nitrogens with two attached hydrogens (primary N) is 2. The number of hydrogen-bond acceptors (Lipinski definition) is 9. The van der Waals surface area contributed by atoms with E-state index in [2.05, 4.69) is 25.8 Å². The molecule has 136 valence electrons. The topological polar surface area (TPSA) is 154 Å². The first-order valence-electron chi connectivity index (χ1n) is 7.83. The lowest BCUT2D eigenvalue weighted by atomic mass is 10.2. The van der Waals surface area contributed by atoms with Crippen LogP contribution in [0.3, 0.4) is 0 Å². The molecule has 0 bridgehead atoms. The Morgan fingerprint density at radius 3 is 3.00 bits per heavy atom. The van der Waals surface area contributed by atoms with Crippen molar-refractivity contribution in [1.29, 1.82) is 0 Å². The first-order chi connectivity index (χ1) is 12.6. The second-order valence-corrected chi connectivity index (χ2v) is 5.62. The zero-order valence-electron chi connectivity index (χ0n) is 14.1. The van der Waals surface area contributed by atoms with E-state index >= 15 is 0 Å². The van der Waals surface area contributed by atoms with Gasteiger partial charge in [-0.15, -0.1) is 0 Å². The Kier molecular flexibility index (Phi) is 5.25. The van der Waals surface area contributed by atoms with Crippen molar-refractivity contribution in [3.8, 4) is 0 Å². The molecule has 0 aliphatic carbocycles. The number of carbonyl (C=O) groups is 1. The van der Waals surface area contributed by atoms with Gasteiger partial charge in [0.2, 0.25) is 5.95 Å². The van der Waals surface area contributed by atoms with E-state index in [0.717, 1.165) is 5.39 Å². The number of nitrogens with one attached hydrogen (secondary N) is 2. The normalized spacial score (nSPS) is 12.1. The quantitative estimate of drug-likeness (QED) is 0.459. The molecule has 2 aromatic heterocycles. The molecule has 0 fully saturated rings. The van der Waals surface area contributed by atoms with E-state index in [1.807, 2.05) is 6.07 Å². The molecule has 1 atom stereocenters. The molecule has 0 aliphatic rings. The molecule has 3 rings (SSSR count). The average molecular weight is 357 g/mol. The smallest absolute Gasteiger partial charge is 0.254 e. The van der Waals surface area contributed by atoms with Crippen LogP contribution in [0, 0.1) is 0 Å². The van der Waals surface area contributed by atoms with Gasteiger partial charge in [-0.05, 0) is 18.2 Å². The van der Waals surface area contributed by atoms with Crippen molar-refractivity contribution < 1.29 is 14.1 Å². The fourth-order valence-electron chi connectivity index (χ4n) is 2.32. The summed E-state index contributed by atoms with van der Waals surface area (Å²) in [5.41, 5.74) is 12.8. The van der Waals surface area contributed by atoms with Gasteiger partial charge >= 0.3 is 0 Å². The number of primary amides is 1. The van der Waals surface area contributed by atoms with Gasteiger partial charge in [-0.2, -0.15) is 4.98 Å². The summed E-state index contributed by atoms with van der Waals surface area (Å²) in [5.74, 6) is -0.0394. The summed E-state index contributed by atoms with van der Waals surface area (Å²) < 4.78 is 10.1. The van der Waals surface area contributed by atoms with Crippen molar-refractivity contribution in [3.05, 3.63) is 36.2 Å². The fraction of sp³-hybridized carbons (Fsp3) is 0.250. The van der Waals surface area contributed by atoms with Crippen LogP contribution in [0.15, 0.2) is 35.1 Å². The minimum atomic E-state index is -0.638. The number of benzene rings is 1. The number of hydrogen-bond donors (Lipinski definition) is 4. The van der Waals surface area contributed by atoms with Crippen LogP contribution >= 0.6 is 0 Å². The maximum atomic E-state index is 11.7. The number of rotatable bonds is 8. The second-order valence-electron chi connectivity index (χ2n) is 5.62. The number of ether oxygens (including phenoxy) is 1. The van der Waals surface area contributed by atoms with Gasteiger partial charge in [0.05, 0.1) is 12.8 Å². The first kappa shape index (κ1) is 17.6. The minimum Gasteiger partial charge on any atom is -0.383 e. The molecule has 2 heterocycles. The molecule has 0 aliphatic heterocycles. The highest BCUT2D eigenvalue weighted by atomic mass is 16.5. The molecular weight excluding hydrogens is 338 g/mol. The van der Waals surface area contributed by atoms with Crippen molar-refractivity contribution in [1.82, 2.24) is 15.1 Å². The van der Waals surface area contributed by atoms with E-state index < -0.39 is 5.91 Å². The molecule has 0 spiro atoms. The van der Waals surface area contributed by atoms with Crippen molar-refractivity contribution in [2.24, 2.45) is 11.5 Å². The third-order valence-corrected chi connectivity index (χ3v) is 3.57. The van der Waals surface area contributed by atoms with Gasteiger partial charge in [0.25, 0.3) is 5.91 Å². The van der Waals surface area contributed by atoms with Crippen molar-refractivity contribution >= 4 is 34.3 Å². The van der Waals surface area contributed by atoms with Crippen LogP contribution in [-0.2, 0) is 4.74 Å². The number of aromatic nitrogens is 3. The number of nitrogens with zero attached hydrogens (tertiary/aromatic N) is 3. The molecule has 10 nitrogen and oxygen atoms in total. The molecule has 0 radical (unpaired) electrons. The molecule has 26 heavy (non-hydrogen) atoms. The Hall–Kier alpha value is -3.24. The summed E-state index contributed by atoms with van der Waals surface area (Å²) >= 11 is 0. The van der Waals surface area contributed by atoms with Crippen molar-refractivity contribution in [2.75, 3.05) is 30.9 Å². The number of methoxy groups -OCH3 is 1. The summed E-state index contributed by atoms with van der Waals surface area (Å²) in [6, 6.07) is 5.15. The summed E-state index contributed by atoms with van der Waals surface area (Å²) in [4.78, 5) is 20.1. The predicted molar refractivity (Wildman–Crippen MR) is 96.2 cm³/mol. The van der Waals surface area contributed by atoms with Crippen LogP contribution in [0.25, 0.3) is 11.0 Å². The number of fused-ring (bicyclic) bond motifs is 1. The predicted octanol–water partition coefficient (Wildman–Crippen LogP) is 0.846. The Morgan fingerprint density at radius 2 is 2.23 bits per heavy atom. The Morgan fingerprint density at radius 1 is 1.38 bits per heavy atom. The summed E-state index contributed by atoms with van der Waals surface area (Å²) in [6.45, 7) is 0.812. The van der Waals surface area contributed by atoms with E-state index in [4.69, 9.17) is 20.7 Å². The van der Waals surface area contributed by atoms with Gasteiger partial charge in [-0.1, -0.05) is 5.16 Å². The zero-order chi connectivity index (χ0) is 18.5. The lowest BCUT2D eigenvalue weighted by Crippen LogP contribution is -2.33. The highest BCUT2D eigenvalue weighted by Gasteiger charge is 2.13. The number of amides is 1. The average Bonchev–Trinajstić information content (AvgIpc) is 3.08. The standard InChI is InChI=1S/C16H19N7O3/c1-25-8-10(17)6-19-16-20-7-12(14(18)24)15(23-16)22-11-2-3-13-9(4-11)5-21-26-13/h2-5,7,10H,6,8,17H2,1H3,(H2,18,24)(H2,19,20,22,23)/t10-/m1/s1. The van der Waals surface area contributed by atoms with E-state index in [0.29, 0.717) is 30.4 Å². The van der Waals surface area contributed by atoms with Crippen molar-refractivity contribution in [3.63, 3.8) is 0 Å². The van der Waals surface area contributed by atoms with Crippen LogP contribution in [0.4, 0.5) is 17.5 Å². The lowest BCUT2D eigenvalue weighted by molar-refractivity contribution is 0.100. The molecule has 1 aromatic carbocycles. The molecular formula is C16H19N7O3. The Labute approximate surface area is 148 Å². The highest BCUT2D eigenvalue weighted by molar-refractivity contribution is 5.98. The van der Waals surface area contributed by atoms with Crippen LogP contribution < -0.4 is 22.1 Å². The lowest BCUT2D eigenvalue weighted by Gasteiger charge is -2.14. The van der Waals surface area contributed by atoms with Gasteiger partial charge in [-0.3, -0.25) is 4.79 Å². The molecule has 3 aromatic rings. The van der Waals surface area contributed by atoms with Crippen LogP contribution in [-0.4, -0.2) is 47.3 Å². The Balaban J connectivity index is 1.82. The van der Waals surface area contributed by atoms with E-state index in [1.165, 1.54) is 6.20 Å². The van der Waals surface area contributed by atoms with E-state index in [9.17, 15) is 4.79 Å². The number of anilines is 3. The van der Waals surface area contributed by atoms with Crippen molar-refractivity contribution in [2.45, 2.75) is 6.04 Å². The van der Waals surface area contributed by atoms with Crippen LogP contribution in [0.2, 0.25) is 0 Å². The van der Waals surface area contributed by atoms with Gasteiger partial charge in [0.15, 0.2) is 5.58 Å². The van der Waals surface area contributed by atoms with E-state index in [-0.39, 0.29) is 17.4 Å². The minimum absolute atomic E-state index is 0.169. The summed E-state index contributed by atoms with van der Waals surface area (Å²) in [7, 11) is 1.58. The SMILES string of the molecule is COC[C@H](N)CNc1ncc(C(N)=O)c(Nc2ccc3oncc3c2)n1. The second kappa shape index (κ2) is 7.76. The summed E-state index contributed by atoms with van der Waals surface area (Å²) in [6.07, 6.45) is 2.96. The maximum absolute atomic E-state index is 11.7. The molecule has 6 N–H and O–H groups in total. The molecule has 10 heteroatoms. The van der Waals surface area contributed by atoms with E-state index in [1.54, 1.807) is 25.4 Å². The largest absolute Gasteiger partial charge is 0.383 e. The monoisotopic (exact) mass is 357 g/mol. The van der Waals surface area contributed by atoms with Gasteiger partial charge < -0.3 is 31.4 Å². The van der Waals surface area contributed by atoms with Gasteiger partial charge in [0, 0.05) is 37.0 Å². The van der Waals surface area contributed by atoms with Gasteiger partial charge in [0.1, 0.15) is 11.4 Å². The highest BCUT2D eigenvalue weighted by Crippen LogP contribution is 2.23. The molecule has 0 saturated heterocycles. The summed E-state index contributed by atoms with van der Waals surface area (Å²) in [5, 5.41) is 10.6. The first-order valence-corrected chi connectivity index (χ1v) is 7.83. The maximum Gasteiger partial charge on any atom is 0.254 e. The van der Waals surface area contributed by atoms with Crippen LogP contribution in [0.1, 0.15) is 10.4 Å². The number of carbonyl (C=O) groups excluding carboxylic acids is 1. The Bertz CT molecular complexity index is 912. The fourth-order valence-corrected chi connectivity index (χ4v) is 2.32. The third-order valence-electron chi connectivity index (χ3n) is 3.57. The third kappa shape index (κ3) is 4.05. The van der Waals surface area contributed by atoms with Gasteiger partial charge in [-0.25, -0.2) is 4.98 Å². The molecule has 0 saturated carbocycles. The zero-order valence-corrected chi connectivity index (χ0v) is 14.1. The van der Waals surface area contributed by atoms with Crippen LogP contribution in [0.5, 0.6) is 0 Å².